The monoisotopic (exact) mass is 391 g/mol. The van der Waals surface area contributed by atoms with Crippen LogP contribution in [0.15, 0.2) is 72.8 Å². The summed E-state index contributed by atoms with van der Waals surface area (Å²) in [6.07, 6.45) is 0. The lowest BCUT2D eigenvalue weighted by atomic mass is 10.1. The second-order valence-corrected chi connectivity index (χ2v) is 6.04. The van der Waals surface area contributed by atoms with E-state index in [1.54, 1.807) is 18.2 Å². The summed E-state index contributed by atoms with van der Waals surface area (Å²) in [6, 6.07) is 19.9. The van der Waals surface area contributed by atoms with Gasteiger partial charge in [0, 0.05) is 34.8 Å². The van der Waals surface area contributed by atoms with Crippen LogP contribution in [0.25, 0.3) is 0 Å². The second kappa shape index (κ2) is 8.66. The summed E-state index contributed by atoms with van der Waals surface area (Å²) in [5, 5.41) is 17.0. The van der Waals surface area contributed by atoms with Crippen molar-refractivity contribution in [1.29, 1.82) is 0 Å². The molecule has 8 nitrogen and oxygen atoms in total. The Morgan fingerprint density at radius 2 is 1.52 bits per heavy atom. The minimum atomic E-state index is -0.767. The van der Waals surface area contributed by atoms with Crippen molar-refractivity contribution >= 4 is 34.6 Å². The third-order valence-corrected chi connectivity index (χ3v) is 3.99. The van der Waals surface area contributed by atoms with Crippen molar-refractivity contribution in [2.75, 3.05) is 17.7 Å². The molecule has 0 aliphatic heterocycles. The molecule has 0 fully saturated rings. The van der Waals surface area contributed by atoms with Crippen LogP contribution in [0.3, 0.4) is 0 Å². The van der Waals surface area contributed by atoms with E-state index in [4.69, 9.17) is 0 Å². The van der Waals surface area contributed by atoms with Crippen LogP contribution in [0.2, 0.25) is 0 Å². The lowest BCUT2D eigenvalue weighted by Gasteiger charge is -2.10. The molecule has 0 saturated heterocycles. The minimum absolute atomic E-state index is 0.0268. The Kier molecular flexibility index (Phi) is 5.84. The summed E-state index contributed by atoms with van der Waals surface area (Å²) >= 11 is 0. The van der Waals surface area contributed by atoms with Gasteiger partial charge in [0.15, 0.2) is 0 Å². The number of nitro benzene ring substituents is 1. The van der Waals surface area contributed by atoms with Crippen LogP contribution in [0.5, 0.6) is 0 Å². The summed E-state index contributed by atoms with van der Waals surface area (Å²) in [4.78, 5) is 34.8. The normalized spacial score (nSPS) is 10.1. The standard InChI is InChI=1S/C21H17N3O5/c1-29-21(26)15-10-14(11-19(12-15)24(27)28)20(25)23-18-9-5-8-17(13-18)22-16-6-3-2-4-7-16/h2-13,22H,1H3,(H,23,25). The van der Waals surface area contributed by atoms with Gasteiger partial charge in [-0.15, -0.1) is 0 Å². The Hall–Kier alpha value is -4.20. The zero-order valence-electron chi connectivity index (χ0n) is 15.4. The number of nitrogens with zero attached hydrogens (tertiary/aromatic N) is 1. The van der Waals surface area contributed by atoms with Gasteiger partial charge in [-0.1, -0.05) is 24.3 Å². The van der Waals surface area contributed by atoms with E-state index in [2.05, 4.69) is 15.4 Å². The Morgan fingerprint density at radius 1 is 0.862 bits per heavy atom. The number of nitrogens with one attached hydrogen (secondary N) is 2. The zero-order chi connectivity index (χ0) is 20.8. The van der Waals surface area contributed by atoms with E-state index >= 15 is 0 Å². The number of hydrogen-bond donors (Lipinski definition) is 2. The number of hydrogen-bond acceptors (Lipinski definition) is 6. The molecular formula is C21H17N3O5. The van der Waals surface area contributed by atoms with Gasteiger partial charge in [-0.05, 0) is 36.4 Å². The quantitative estimate of drug-likeness (QED) is 0.367. The average molecular weight is 391 g/mol. The van der Waals surface area contributed by atoms with Crippen molar-refractivity contribution in [3.05, 3.63) is 94.0 Å². The predicted molar refractivity (Wildman–Crippen MR) is 109 cm³/mol. The van der Waals surface area contributed by atoms with Crippen LogP contribution in [-0.4, -0.2) is 23.9 Å². The van der Waals surface area contributed by atoms with Gasteiger partial charge < -0.3 is 15.4 Å². The lowest BCUT2D eigenvalue weighted by Crippen LogP contribution is -2.14. The minimum Gasteiger partial charge on any atom is -0.465 e. The molecule has 146 valence electrons. The third-order valence-electron chi connectivity index (χ3n) is 3.99. The van der Waals surface area contributed by atoms with Crippen molar-refractivity contribution in [1.82, 2.24) is 0 Å². The molecule has 1 amide bonds. The fourth-order valence-corrected chi connectivity index (χ4v) is 2.65. The van der Waals surface area contributed by atoms with Gasteiger partial charge >= 0.3 is 5.97 Å². The molecule has 0 bridgehead atoms. The number of benzene rings is 3. The van der Waals surface area contributed by atoms with Gasteiger partial charge in [-0.2, -0.15) is 0 Å². The number of carbonyl (C=O) groups is 2. The SMILES string of the molecule is COC(=O)c1cc(C(=O)Nc2cccc(Nc3ccccc3)c2)cc([N+](=O)[O-])c1. The highest BCUT2D eigenvalue weighted by Crippen LogP contribution is 2.22. The number of rotatable bonds is 6. The number of carbonyl (C=O) groups excluding carboxylic acids is 2. The molecule has 3 aromatic rings. The van der Waals surface area contributed by atoms with Gasteiger partial charge in [-0.25, -0.2) is 4.79 Å². The van der Waals surface area contributed by atoms with Crippen molar-refractivity contribution in [2.45, 2.75) is 0 Å². The summed E-state index contributed by atoms with van der Waals surface area (Å²) in [5.41, 5.74) is 1.65. The van der Waals surface area contributed by atoms with Crippen molar-refractivity contribution in [3.8, 4) is 0 Å². The Bertz CT molecular complexity index is 1070. The molecule has 0 aromatic heterocycles. The number of amides is 1. The van der Waals surface area contributed by atoms with E-state index in [0.717, 1.165) is 30.6 Å². The molecule has 0 atom stereocenters. The van der Waals surface area contributed by atoms with Crippen molar-refractivity contribution in [2.24, 2.45) is 0 Å². The Balaban J connectivity index is 1.83. The van der Waals surface area contributed by atoms with Gasteiger partial charge in [0.1, 0.15) is 0 Å². The molecule has 3 aromatic carbocycles. The van der Waals surface area contributed by atoms with Crippen LogP contribution in [0.1, 0.15) is 20.7 Å². The van der Waals surface area contributed by atoms with Crippen LogP contribution >= 0.6 is 0 Å². The maximum Gasteiger partial charge on any atom is 0.338 e. The topological polar surface area (TPSA) is 111 Å². The number of esters is 1. The van der Waals surface area contributed by atoms with E-state index in [1.165, 1.54) is 6.07 Å². The first-order valence-electron chi connectivity index (χ1n) is 8.57. The number of ether oxygens (including phenoxy) is 1. The van der Waals surface area contributed by atoms with Gasteiger partial charge in [0.05, 0.1) is 17.6 Å². The first kappa shape index (κ1) is 19.6. The fourth-order valence-electron chi connectivity index (χ4n) is 2.65. The molecule has 0 aliphatic carbocycles. The van der Waals surface area contributed by atoms with E-state index in [0.29, 0.717) is 5.69 Å². The zero-order valence-corrected chi connectivity index (χ0v) is 15.4. The highest BCUT2D eigenvalue weighted by atomic mass is 16.6. The summed E-state index contributed by atoms with van der Waals surface area (Å²) in [6.45, 7) is 0. The highest BCUT2D eigenvalue weighted by molar-refractivity contribution is 6.06. The van der Waals surface area contributed by atoms with Gasteiger partial charge in [0.2, 0.25) is 0 Å². The van der Waals surface area contributed by atoms with Crippen LogP contribution in [0.4, 0.5) is 22.7 Å². The first-order valence-corrected chi connectivity index (χ1v) is 8.57. The summed E-state index contributed by atoms with van der Waals surface area (Å²) in [5.74, 6) is -1.35. The number of nitro groups is 1. The van der Waals surface area contributed by atoms with Gasteiger partial charge in [0.25, 0.3) is 11.6 Å². The Morgan fingerprint density at radius 3 is 2.21 bits per heavy atom. The number of para-hydroxylation sites is 1. The molecule has 0 aliphatic rings. The third kappa shape index (κ3) is 4.95. The largest absolute Gasteiger partial charge is 0.465 e. The number of anilines is 3. The van der Waals surface area contributed by atoms with Crippen molar-refractivity contribution < 1.29 is 19.2 Å². The molecular weight excluding hydrogens is 374 g/mol. The van der Waals surface area contributed by atoms with Gasteiger partial charge in [-0.3, -0.25) is 14.9 Å². The smallest absolute Gasteiger partial charge is 0.338 e. The summed E-state index contributed by atoms with van der Waals surface area (Å²) < 4.78 is 4.59. The maximum absolute atomic E-state index is 12.6. The van der Waals surface area contributed by atoms with E-state index in [1.807, 2.05) is 36.4 Å². The predicted octanol–water partition coefficient (Wildman–Crippen LogP) is 4.38. The maximum atomic E-state index is 12.6. The highest BCUT2D eigenvalue weighted by Gasteiger charge is 2.18. The fraction of sp³-hybridized carbons (Fsp3) is 0.0476. The van der Waals surface area contributed by atoms with E-state index in [-0.39, 0.29) is 16.8 Å². The molecule has 29 heavy (non-hydrogen) atoms. The first-order chi connectivity index (χ1) is 14.0. The molecule has 8 heteroatoms. The molecule has 2 N–H and O–H groups in total. The van der Waals surface area contributed by atoms with E-state index in [9.17, 15) is 19.7 Å². The molecule has 0 unspecified atom stereocenters. The molecule has 0 saturated carbocycles. The molecule has 0 spiro atoms. The number of methoxy groups -OCH3 is 1. The molecule has 0 radical (unpaired) electrons. The number of non-ortho nitro benzene ring substituents is 1. The van der Waals surface area contributed by atoms with Crippen LogP contribution < -0.4 is 10.6 Å². The molecule has 0 heterocycles. The lowest BCUT2D eigenvalue weighted by molar-refractivity contribution is -0.384. The molecule has 3 rings (SSSR count). The van der Waals surface area contributed by atoms with Crippen LogP contribution in [-0.2, 0) is 4.74 Å². The Labute approximate surface area is 166 Å². The van der Waals surface area contributed by atoms with Crippen molar-refractivity contribution in [3.63, 3.8) is 0 Å². The van der Waals surface area contributed by atoms with Crippen LogP contribution in [0, 0.1) is 10.1 Å². The summed E-state index contributed by atoms with van der Waals surface area (Å²) in [7, 11) is 1.16. The second-order valence-electron chi connectivity index (χ2n) is 6.04. The average Bonchev–Trinajstić information content (AvgIpc) is 2.73. The van der Waals surface area contributed by atoms with E-state index < -0.39 is 16.8 Å².